The SMILES string of the molecule is Cc1ccc(O)c(-c2ccc(Cl)cc2F)c1. The van der Waals surface area contributed by atoms with E-state index >= 15 is 0 Å². The highest BCUT2D eigenvalue weighted by Crippen LogP contribution is 2.32. The molecule has 82 valence electrons. The highest BCUT2D eigenvalue weighted by molar-refractivity contribution is 6.30. The fourth-order valence-electron chi connectivity index (χ4n) is 1.57. The summed E-state index contributed by atoms with van der Waals surface area (Å²) >= 11 is 5.67. The molecule has 2 aromatic rings. The van der Waals surface area contributed by atoms with Gasteiger partial charge in [0, 0.05) is 16.1 Å². The van der Waals surface area contributed by atoms with Crippen LogP contribution in [-0.4, -0.2) is 5.11 Å². The van der Waals surface area contributed by atoms with Gasteiger partial charge in [-0.15, -0.1) is 0 Å². The van der Waals surface area contributed by atoms with Crippen LogP contribution in [0.5, 0.6) is 5.75 Å². The Hall–Kier alpha value is -1.54. The Morgan fingerprint density at radius 2 is 1.81 bits per heavy atom. The van der Waals surface area contributed by atoms with Crippen molar-refractivity contribution in [1.29, 1.82) is 0 Å². The molecule has 0 aliphatic rings. The van der Waals surface area contributed by atoms with Gasteiger partial charge in [0.1, 0.15) is 11.6 Å². The molecule has 0 aliphatic carbocycles. The third-order valence-electron chi connectivity index (χ3n) is 2.37. The molecule has 1 nitrogen and oxygen atoms in total. The summed E-state index contributed by atoms with van der Waals surface area (Å²) < 4.78 is 13.7. The van der Waals surface area contributed by atoms with E-state index in [1.54, 1.807) is 30.3 Å². The van der Waals surface area contributed by atoms with Gasteiger partial charge in [0.05, 0.1) is 0 Å². The minimum Gasteiger partial charge on any atom is -0.507 e. The number of phenols is 1. The van der Waals surface area contributed by atoms with Crippen LogP contribution in [-0.2, 0) is 0 Å². The molecule has 2 aromatic carbocycles. The second-order valence-corrected chi connectivity index (χ2v) is 4.08. The van der Waals surface area contributed by atoms with Crippen LogP contribution in [0.1, 0.15) is 5.56 Å². The molecule has 16 heavy (non-hydrogen) atoms. The largest absolute Gasteiger partial charge is 0.507 e. The molecule has 0 radical (unpaired) electrons. The highest BCUT2D eigenvalue weighted by Gasteiger charge is 2.09. The Balaban J connectivity index is 2.62. The number of phenolic OH excluding ortho intramolecular Hbond substituents is 1. The second kappa shape index (κ2) is 4.14. The van der Waals surface area contributed by atoms with Crippen LogP contribution in [0.25, 0.3) is 11.1 Å². The maximum absolute atomic E-state index is 13.7. The fourth-order valence-corrected chi connectivity index (χ4v) is 1.73. The van der Waals surface area contributed by atoms with E-state index in [9.17, 15) is 9.50 Å². The average Bonchev–Trinajstić information content (AvgIpc) is 2.22. The molecule has 0 saturated heterocycles. The number of aromatic hydroxyl groups is 1. The molecule has 1 N–H and O–H groups in total. The van der Waals surface area contributed by atoms with Gasteiger partial charge in [-0.05, 0) is 37.3 Å². The van der Waals surface area contributed by atoms with Gasteiger partial charge in [0.2, 0.25) is 0 Å². The van der Waals surface area contributed by atoms with E-state index in [1.165, 1.54) is 6.07 Å². The lowest BCUT2D eigenvalue weighted by Crippen LogP contribution is -1.86. The van der Waals surface area contributed by atoms with Gasteiger partial charge in [-0.2, -0.15) is 0 Å². The molecule has 0 spiro atoms. The Morgan fingerprint density at radius 3 is 2.50 bits per heavy atom. The van der Waals surface area contributed by atoms with Crippen LogP contribution in [0.2, 0.25) is 5.02 Å². The molecular weight excluding hydrogens is 227 g/mol. The Morgan fingerprint density at radius 1 is 1.06 bits per heavy atom. The van der Waals surface area contributed by atoms with Gasteiger partial charge < -0.3 is 5.11 Å². The monoisotopic (exact) mass is 236 g/mol. The van der Waals surface area contributed by atoms with E-state index in [2.05, 4.69) is 0 Å². The molecular formula is C13H10ClFO. The first kappa shape index (κ1) is 11.0. The van der Waals surface area contributed by atoms with Crippen LogP contribution < -0.4 is 0 Å². The van der Waals surface area contributed by atoms with Crippen LogP contribution in [0.3, 0.4) is 0 Å². The average molecular weight is 237 g/mol. The van der Waals surface area contributed by atoms with Gasteiger partial charge in [0.15, 0.2) is 0 Å². The normalized spacial score (nSPS) is 10.4. The highest BCUT2D eigenvalue weighted by atomic mass is 35.5. The molecule has 0 saturated carbocycles. The Kier molecular flexibility index (Phi) is 2.84. The van der Waals surface area contributed by atoms with Crippen molar-refractivity contribution in [3.05, 3.63) is 52.8 Å². The molecule has 0 atom stereocenters. The van der Waals surface area contributed by atoms with E-state index < -0.39 is 5.82 Å². The van der Waals surface area contributed by atoms with Gasteiger partial charge >= 0.3 is 0 Å². The first-order valence-electron chi connectivity index (χ1n) is 4.83. The molecule has 0 amide bonds. The van der Waals surface area contributed by atoms with Gasteiger partial charge in [0.25, 0.3) is 0 Å². The zero-order valence-corrected chi connectivity index (χ0v) is 9.42. The van der Waals surface area contributed by atoms with Gasteiger partial charge in [-0.1, -0.05) is 23.2 Å². The first-order valence-corrected chi connectivity index (χ1v) is 5.21. The summed E-state index contributed by atoms with van der Waals surface area (Å²) in [5, 5.41) is 10.0. The zero-order valence-electron chi connectivity index (χ0n) is 8.67. The van der Waals surface area contributed by atoms with Crippen molar-refractivity contribution in [2.45, 2.75) is 6.92 Å². The lowest BCUT2D eigenvalue weighted by molar-refractivity contribution is 0.476. The van der Waals surface area contributed by atoms with Crippen molar-refractivity contribution in [1.82, 2.24) is 0 Å². The molecule has 0 aromatic heterocycles. The Bertz CT molecular complexity index is 537. The first-order chi connectivity index (χ1) is 7.58. The lowest BCUT2D eigenvalue weighted by atomic mass is 10.0. The summed E-state index contributed by atoms with van der Waals surface area (Å²) in [5.41, 5.74) is 1.79. The topological polar surface area (TPSA) is 20.2 Å². The van der Waals surface area contributed by atoms with Crippen molar-refractivity contribution in [2.75, 3.05) is 0 Å². The van der Waals surface area contributed by atoms with Crippen molar-refractivity contribution < 1.29 is 9.50 Å². The summed E-state index contributed by atoms with van der Waals surface area (Å²) in [6.45, 7) is 1.89. The smallest absolute Gasteiger partial charge is 0.132 e. The van der Waals surface area contributed by atoms with Crippen molar-refractivity contribution in [3.8, 4) is 16.9 Å². The number of rotatable bonds is 1. The van der Waals surface area contributed by atoms with Crippen molar-refractivity contribution in [3.63, 3.8) is 0 Å². The molecule has 0 bridgehead atoms. The quantitative estimate of drug-likeness (QED) is 0.788. The minimum absolute atomic E-state index is 0.0619. The van der Waals surface area contributed by atoms with Crippen molar-refractivity contribution >= 4 is 11.6 Å². The summed E-state index contributed by atoms with van der Waals surface area (Å²) in [6.07, 6.45) is 0. The van der Waals surface area contributed by atoms with E-state index in [1.807, 2.05) is 6.92 Å². The molecule has 0 fully saturated rings. The number of benzene rings is 2. The molecule has 0 aliphatic heterocycles. The van der Waals surface area contributed by atoms with E-state index in [0.717, 1.165) is 5.56 Å². The summed E-state index contributed by atoms with van der Waals surface area (Å²) in [4.78, 5) is 0. The third kappa shape index (κ3) is 2.02. The van der Waals surface area contributed by atoms with Gasteiger partial charge in [-0.25, -0.2) is 4.39 Å². The predicted molar refractivity (Wildman–Crippen MR) is 63.2 cm³/mol. The second-order valence-electron chi connectivity index (χ2n) is 3.64. The number of aryl methyl sites for hydroxylation is 1. The molecule has 0 unspecified atom stereocenters. The summed E-state index contributed by atoms with van der Waals surface area (Å²) in [7, 11) is 0. The summed E-state index contributed by atoms with van der Waals surface area (Å²) in [5.74, 6) is -0.375. The zero-order chi connectivity index (χ0) is 11.7. The fraction of sp³-hybridized carbons (Fsp3) is 0.0769. The van der Waals surface area contributed by atoms with Crippen molar-refractivity contribution in [2.24, 2.45) is 0 Å². The van der Waals surface area contributed by atoms with Crippen LogP contribution in [0, 0.1) is 12.7 Å². The van der Waals surface area contributed by atoms with E-state index in [4.69, 9.17) is 11.6 Å². The predicted octanol–water partition coefficient (Wildman–Crippen LogP) is 4.16. The number of hydrogen-bond acceptors (Lipinski definition) is 1. The van der Waals surface area contributed by atoms with E-state index in [-0.39, 0.29) is 5.75 Å². The maximum atomic E-state index is 13.7. The molecule has 3 heteroatoms. The van der Waals surface area contributed by atoms with Gasteiger partial charge in [-0.3, -0.25) is 0 Å². The summed E-state index contributed by atoms with van der Waals surface area (Å²) in [6, 6.07) is 9.46. The van der Waals surface area contributed by atoms with E-state index in [0.29, 0.717) is 16.1 Å². The molecule has 2 rings (SSSR count). The Labute approximate surface area is 98.1 Å². The van der Waals surface area contributed by atoms with Crippen LogP contribution >= 0.6 is 11.6 Å². The maximum Gasteiger partial charge on any atom is 0.132 e. The minimum atomic E-state index is -0.437. The van der Waals surface area contributed by atoms with Crippen LogP contribution in [0.4, 0.5) is 4.39 Å². The lowest BCUT2D eigenvalue weighted by Gasteiger charge is -2.07. The van der Waals surface area contributed by atoms with Crippen LogP contribution in [0.15, 0.2) is 36.4 Å². The standard InChI is InChI=1S/C13H10ClFO/c1-8-2-5-13(16)11(6-8)10-4-3-9(14)7-12(10)15/h2-7,16H,1H3. The number of hydrogen-bond donors (Lipinski definition) is 1. The number of halogens is 2. The third-order valence-corrected chi connectivity index (χ3v) is 2.61. The molecule has 0 heterocycles.